The Hall–Kier alpha value is -0.980. The zero-order chi connectivity index (χ0) is 10.6. The van der Waals surface area contributed by atoms with Gasteiger partial charge in [0.1, 0.15) is 6.61 Å². The quantitative estimate of drug-likeness (QED) is 0.520. The zero-order valence-electron chi connectivity index (χ0n) is 7.81. The van der Waals surface area contributed by atoms with E-state index in [1.165, 1.54) is 0 Å². The van der Waals surface area contributed by atoms with E-state index in [9.17, 15) is 9.59 Å². The average molecular weight is 202 g/mol. The molecule has 0 spiro atoms. The van der Waals surface area contributed by atoms with Gasteiger partial charge in [0.05, 0.1) is 19.6 Å². The Bertz CT molecular complexity index is 213. The van der Waals surface area contributed by atoms with E-state index in [-0.39, 0.29) is 38.7 Å². The summed E-state index contributed by atoms with van der Waals surface area (Å²) in [6, 6.07) is -0.582. The van der Waals surface area contributed by atoms with E-state index in [1.54, 1.807) is 0 Å². The first-order chi connectivity index (χ1) is 6.65. The van der Waals surface area contributed by atoms with Gasteiger partial charge >= 0.3 is 0 Å². The number of amides is 2. The van der Waals surface area contributed by atoms with Gasteiger partial charge in [-0.25, -0.2) is 0 Å². The van der Waals surface area contributed by atoms with Crippen LogP contribution in [0.1, 0.15) is 6.42 Å². The first-order valence-corrected chi connectivity index (χ1v) is 4.42. The summed E-state index contributed by atoms with van der Waals surface area (Å²) >= 11 is 0. The molecule has 80 valence electrons. The summed E-state index contributed by atoms with van der Waals surface area (Å²) in [4.78, 5) is 23.7. The molecule has 1 heterocycles. The summed E-state index contributed by atoms with van der Waals surface area (Å²) in [5, 5.41) is 8.70. The standard InChI is InChI=1S/C8H14N2O4/c9-6(4-11)3-10-7(12)1-2-14-5-8(10)13/h6,11H,1-5,9H2. The topological polar surface area (TPSA) is 92.9 Å². The van der Waals surface area contributed by atoms with E-state index < -0.39 is 11.9 Å². The largest absolute Gasteiger partial charge is 0.395 e. The number of ether oxygens (including phenoxy) is 1. The molecule has 2 amide bonds. The van der Waals surface area contributed by atoms with Crippen LogP contribution in [0.2, 0.25) is 0 Å². The minimum absolute atomic E-state index is 0.0531. The molecular weight excluding hydrogens is 188 g/mol. The maximum absolute atomic E-state index is 11.4. The van der Waals surface area contributed by atoms with Gasteiger partial charge in [-0.15, -0.1) is 0 Å². The molecule has 0 saturated carbocycles. The highest BCUT2D eigenvalue weighted by molar-refractivity contribution is 5.96. The van der Waals surface area contributed by atoms with Crippen molar-refractivity contribution in [3.63, 3.8) is 0 Å². The van der Waals surface area contributed by atoms with E-state index in [4.69, 9.17) is 15.6 Å². The maximum atomic E-state index is 11.4. The van der Waals surface area contributed by atoms with Crippen LogP contribution in [0.25, 0.3) is 0 Å². The van der Waals surface area contributed by atoms with Gasteiger partial charge < -0.3 is 15.6 Å². The summed E-state index contributed by atoms with van der Waals surface area (Å²) in [6.07, 6.45) is 0.184. The van der Waals surface area contributed by atoms with Crippen LogP contribution in [0.4, 0.5) is 0 Å². The Morgan fingerprint density at radius 1 is 1.50 bits per heavy atom. The lowest BCUT2D eigenvalue weighted by Gasteiger charge is -2.20. The summed E-state index contributed by atoms with van der Waals surface area (Å²) in [5.74, 6) is -0.687. The molecule has 14 heavy (non-hydrogen) atoms. The Balaban J connectivity index is 2.60. The molecule has 0 aromatic carbocycles. The van der Waals surface area contributed by atoms with Crippen molar-refractivity contribution in [2.75, 3.05) is 26.4 Å². The normalized spacial score (nSPS) is 20.9. The fraction of sp³-hybridized carbons (Fsp3) is 0.750. The minimum atomic E-state index is -0.582. The van der Waals surface area contributed by atoms with Crippen molar-refractivity contribution in [1.29, 1.82) is 0 Å². The number of nitrogens with two attached hydrogens (primary N) is 1. The van der Waals surface area contributed by atoms with Crippen molar-refractivity contribution >= 4 is 11.8 Å². The number of imide groups is 1. The zero-order valence-corrected chi connectivity index (χ0v) is 7.81. The van der Waals surface area contributed by atoms with Crippen LogP contribution >= 0.6 is 0 Å². The Kier molecular flexibility index (Phi) is 3.99. The molecule has 1 saturated heterocycles. The van der Waals surface area contributed by atoms with Gasteiger partial charge in [-0.2, -0.15) is 0 Å². The average Bonchev–Trinajstić information content (AvgIpc) is 2.32. The third-order valence-electron chi connectivity index (χ3n) is 1.94. The van der Waals surface area contributed by atoms with E-state index in [1.807, 2.05) is 0 Å². The predicted octanol–water partition coefficient (Wildman–Crippen LogP) is -1.92. The van der Waals surface area contributed by atoms with Crippen LogP contribution in [0, 0.1) is 0 Å². The second-order valence-electron chi connectivity index (χ2n) is 3.14. The molecule has 0 aromatic rings. The molecule has 0 radical (unpaired) electrons. The SMILES string of the molecule is NC(CO)CN1C(=O)CCOCC1=O. The van der Waals surface area contributed by atoms with Crippen molar-refractivity contribution in [2.24, 2.45) is 5.73 Å². The van der Waals surface area contributed by atoms with Gasteiger partial charge in [0.2, 0.25) is 5.91 Å². The number of aliphatic hydroxyl groups is 1. The third kappa shape index (κ3) is 2.76. The number of rotatable bonds is 3. The fourth-order valence-electron chi connectivity index (χ4n) is 1.17. The van der Waals surface area contributed by atoms with Crippen molar-refractivity contribution in [3.8, 4) is 0 Å². The molecule has 0 aromatic heterocycles. The smallest absolute Gasteiger partial charge is 0.255 e. The summed E-state index contributed by atoms with van der Waals surface area (Å²) in [6.45, 7) is -0.0330. The molecule has 6 nitrogen and oxygen atoms in total. The van der Waals surface area contributed by atoms with E-state index in [0.717, 1.165) is 4.90 Å². The van der Waals surface area contributed by atoms with E-state index in [0.29, 0.717) is 0 Å². The van der Waals surface area contributed by atoms with Crippen LogP contribution in [-0.4, -0.2) is 54.2 Å². The number of hydrogen-bond donors (Lipinski definition) is 2. The van der Waals surface area contributed by atoms with Crippen molar-refractivity contribution in [1.82, 2.24) is 4.90 Å². The highest BCUT2D eigenvalue weighted by atomic mass is 16.5. The number of nitrogens with zero attached hydrogens (tertiary/aromatic N) is 1. The maximum Gasteiger partial charge on any atom is 0.255 e. The summed E-state index contributed by atoms with van der Waals surface area (Å²) in [5.41, 5.74) is 5.44. The Morgan fingerprint density at radius 2 is 2.21 bits per heavy atom. The highest BCUT2D eigenvalue weighted by Crippen LogP contribution is 2.03. The molecular formula is C8H14N2O4. The Morgan fingerprint density at radius 3 is 2.86 bits per heavy atom. The lowest BCUT2D eigenvalue weighted by atomic mass is 10.3. The van der Waals surface area contributed by atoms with Crippen molar-refractivity contribution < 1.29 is 19.4 Å². The second kappa shape index (κ2) is 5.04. The lowest BCUT2D eigenvalue weighted by molar-refractivity contribution is -0.144. The summed E-state index contributed by atoms with van der Waals surface area (Å²) in [7, 11) is 0. The van der Waals surface area contributed by atoms with Crippen molar-refractivity contribution in [3.05, 3.63) is 0 Å². The monoisotopic (exact) mass is 202 g/mol. The Labute approximate surface area is 81.6 Å². The lowest BCUT2D eigenvalue weighted by Crippen LogP contribution is -2.46. The van der Waals surface area contributed by atoms with Gasteiger partial charge in [0.15, 0.2) is 0 Å². The van der Waals surface area contributed by atoms with Crippen LogP contribution in [0.3, 0.4) is 0 Å². The predicted molar refractivity (Wildman–Crippen MR) is 47.2 cm³/mol. The molecule has 1 unspecified atom stereocenters. The number of hydrogen-bond acceptors (Lipinski definition) is 5. The van der Waals surface area contributed by atoms with E-state index >= 15 is 0 Å². The van der Waals surface area contributed by atoms with Gasteiger partial charge in [0, 0.05) is 12.6 Å². The highest BCUT2D eigenvalue weighted by Gasteiger charge is 2.25. The van der Waals surface area contributed by atoms with Gasteiger partial charge in [-0.3, -0.25) is 14.5 Å². The van der Waals surface area contributed by atoms with Crippen LogP contribution in [-0.2, 0) is 14.3 Å². The summed E-state index contributed by atoms with van der Waals surface area (Å²) < 4.78 is 4.91. The van der Waals surface area contributed by atoms with Gasteiger partial charge in [-0.05, 0) is 0 Å². The molecule has 0 aliphatic carbocycles. The molecule has 6 heteroatoms. The van der Waals surface area contributed by atoms with Gasteiger partial charge in [0.25, 0.3) is 5.91 Å². The molecule has 1 aliphatic heterocycles. The minimum Gasteiger partial charge on any atom is -0.395 e. The van der Waals surface area contributed by atoms with E-state index in [2.05, 4.69) is 0 Å². The fourth-order valence-corrected chi connectivity index (χ4v) is 1.17. The number of aliphatic hydroxyl groups excluding tert-OH is 1. The van der Waals surface area contributed by atoms with Gasteiger partial charge in [-0.1, -0.05) is 0 Å². The van der Waals surface area contributed by atoms with Crippen LogP contribution < -0.4 is 5.73 Å². The molecule has 1 atom stereocenters. The number of carbonyl (C=O) groups excluding carboxylic acids is 2. The first kappa shape index (κ1) is 11.1. The molecule has 0 bridgehead atoms. The molecule has 3 N–H and O–H groups in total. The van der Waals surface area contributed by atoms with Crippen LogP contribution in [0.5, 0.6) is 0 Å². The first-order valence-electron chi connectivity index (χ1n) is 4.42. The van der Waals surface area contributed by atoms with Crippen molar-refractivity contribution in [2.45, 2.75) is 12.5 Å². The number of carbonyl (C=O) groups is 2. The molecule has 1 rings (SSSR count). The second-order valence-corrected chi connectivity index (χ2v) is 3.14. The van der Waals surface area contributed by atoms with Crippen LogP contribution in [0.15, 0.2) is 0 Å². The molecule has 1 aliphatic rings. The third-order valence-corrected chi connectivity index (χ3v) is 1.94. The molecule has 1 fully saturated rings.